The molecule has 0 unspecified atom stereocenters. The number of benzene rings is 9. The molecular formula is C56H40N2. The highest BCUT2D eigenvalue weighted by atomic mass is 15.0. The van der Waals surface area contributed by atoms with Crippen LogP contribution in [0.1, 0.15) is 16.7 Å². The molecule has 0 saturated heterocycles. The molecule has 0 amide bonds. The molecule has 0 radical (unpaired) electrons. The van der Waals surface area contributed by atoms with Gasteiger partial charge in [0.1, 0.15) is 0 Å². The largest absolute Gasteiger partial charge is 0.309 e. The number of rotatable bonds is 7. The summed E-state index contributed by atoms with van der Waals surface area (Å²) in [5.41, 5.74) is 18.5. The second-order valence-corrected chi connectivity index (χ2v) is 15.4. The van der Waals surface area contributed by atoms with Crippen molar-refractivity contribution in [3.8, 4) is 44.8 Å². The highest BCUT2D eigenvalue weighted by Gasteiger charge is 2.18. The zero-order valence-corrected chi connectivity index (χ0v) is 32.3. The Labute approximate surface area is 338 Å². The summed E-state index contributed by atoms with van der Waals surface area (Å²) in [6.45, 7) is 2.22. The van der Waals surface area contributed by atoms with Gasteiger partial charge in [0.15, 0.2) is 0 Å². The second-order valence-electron chi connectivity index (χ2n) is 15.4. The number of aromatic nitrogens is 2. The summed E-state index contributed by atoms with van der Waals surface area (Å²) in [4.78, 5) is 0. The van der Waals surface area contributed by atoms with E-state index in [1.165, 1.54) is 99.4 Å². The molecular weight excluding hydrogens is 701 g/mol. The Balaban J connectivity index is 1.09. The number of fused-ring (bicyclic) bond motifs is 6. The van der Waals surface area contributed by atoms with Crippen LogP contribution in [0.2, 0.25) is 0 Å². The van der Waals surface area contributed by atoms with E-state index in [1.54, 1.807) is 0 Å². The topological polar surface area (TPSA) is 9.86 Å². The maximum Gasteiger partial charge on any atom is 0.0541 e. The molecule has 0 aliphatic carbocycles. The predicted octanol–water partition coefficient (Wildman–Crippen LogP) is 14.8. The van der Waals surface area contributed by atoms with Gasteiger partial charge in [-0.25, -0.2) is 0 Å². The molecule has 58 heavy (non-hydrogen) atoms. The van der Waals surface area contributed by atoms with Gasteiger partial charge in [-0.3, -0.25) is 0 Å². The van der Waals surface area contributed by atoms with Crippen LogP contribution in [0.3, 0.4) is 0 Å². The standard InChI is InChI=1S/C56H40N2/c1-38-15-11-12-22-47(38)49-34-40(25-26-44(49)33-39-16-5-2-6-17-39)42-28-31-55-51(36-42)52-37-43(29-32-56(52)58(55)46-20-9-4-10-21-46)41-27-30-54-50(35-41)48-23-13-14-24-53(48)57(54)45-18-7-3-8-19-45/h2-32,34-37H,33H2,1H3. The third kappa shape index (κ3) is 5.73. The van der Waals surface area contributed by atoms with Gasteiger partial charge in [0.05, 0.1) is 22.1 Å². The molecule has 0 bridgehead atoms. The van der Waals surface area contributed by atoms with Gasteiger partial charge in [0, 0.05) is 32.9 Å². The van der Waals surface area contributed by atoms with E-state index in [0.29, 0.717) is 0 Å². The number of hydrogen-bond acceptors (Lipinski definition) is 0. The second kappa shape index (κ2) is 14.0. The van der Waals surface area contributed by atoms with Gasteiger partial charge in [0.2, 0.25) is 0 Å². The molecule has 0 saturated carbocycles. The minimum Gasteiger partial charge on any atom is -0.309 e. The highest BCUT2D eigenvalue weighted by molar-refractivity contribution is 6.13. The van der Waals surface area contributed by atoms with Crippen LogP contribution in [0.5, 0.6) is 0 Å². The highest BCUT2D eigenvalue weighted by Crippen LogP contribution is 2.40. The fraction of sp³-hybridized carbons (Fsp3) is 0.0357. The first-order chi connectivity index (χ1) is 28.7. The van der Waals surface area contributed by atoms with Crippen molar-refractivity contribution in [2.24, 2.45) is 0 Å². The van der Waals surface area contributed by atoms with Crippen LogP contribution in [-0.4, -0.2) is 9.13 Å². The van der Waals surface area contributed by atoms with Crippen LogP contribution in [0.4, 0.5) is 0 Å². The normalized spacial score (nSPS) is 11.6. The maximum absolute atomic E-state index is 2.41. The van der Waals surface area contributed by atoms with Crippen molar-refractivity contribution >= 4 is 43.6 Å². The van der Waals surface area contributed by atoms with E-state index in [2.05, 4.69) is 228 Å². The van der Waals surface area contributed by atoms with E-state index in [9.17, 15) is 0 Å². The molecule has 2 nitrogen and oxygen atoms in total. The zero-order chi connectivity index (χ0) is 38.6. The number of para-hydroxylation sites is 3. The molecule has 9 aromatic carbocycles. The molecule has 11 rings (SSSR count). The van der Waals surface area contributed by atoms with E-state index in [1.807, 2.05) is 0 Å². The number of nitrogens with zero attached hydrogens (tertiary/aromatic N) is 2. The summed E-state index contributed by atoms with van der Waals surface area (Å²) >= 11 is 0. The molecule has 0 atom stereocenters. The lowest BCUT2D eigenvalue weighted by Gasteiger charge is -2.15. The van der Waals surface area contributed by atoms with Crippen molar-refractivity contribution in [1.82, 2.24) is 9.13 Å². The average molecular weight is 741 g/mol. The van der Waals surface area contributed by atoms with Crippen LogP contribution < -0.4 is 0 Å². The lowest BCUT2D eigenvalue weighted by atomic mass is 9.89. The first-order valence-corrected chi connectivity index (χ1v) is 20.1. The third-order valence-electron chi connectivity index (χ3n) is 11.9. The Morgan fingerprint density at radius 1 is 0.328 bits per heavy atom. The van der Waals surface area contributed by atoms with Gasteiger partial charge >= 0.3 is 0 Å². The summed E-state index contributed by atoms with van der Waals surface area (Å²) in [6, 6.07) is 77.8. The smallest absolute Gasteiger partial charge is 0.0541 e. The molecule has 0 aliphatic heterocycles. The van der Waals surface area contributed by atoms with Crippen molar-refractivity contribution in [1.29, 1.82) is 0 Å². The van der Waals surface area contributed by atoms with Crippen molar-refractivity contribution in [3.63, 3.8) is 0 Å². The Morgan fingerprint density at radius 3 is 1.33 bits per heavy atom. The Kier molecular flexibility index (Phi) is 8.15. The van der Waals surface area contributed by atoms with Crippen LogP contribution in [0.25, 0.3) is 88.4 Å². The van der Waals surface area contributed by atoms with Crippen molar-refractivity contribution < 1.29 is 0 Å². The van der Waals surface area contributed by atoms with Gasteiger partial charge in [-0.2, -0.15) is 0 Å². The van der Waals surface area contributed by atoms with Crippen LogP contribution in [0, 0.1) is 6.92 Å². The van der Waals surface area contributed by atoms with Crippen LogP contribution >= 0.6 is 0 Å². The summed E-state index contributed by atoms with van der Waals surface area (Å²) < 4.78 is 4.79. The van der Waals surface area contributed by atoms with Crippen molar-refractivity contribution in [2.75, 3.05) is 0 Å². The fourth-order valence-corrected chi connectivity index (χ4v) is 9.10. The van der Waals surface area contributed by atoms with E-state index in [-0.39, 0.29) is 0 Å². The van der Waals surface area contributed by atoms with Gasteiger partial charge in [-0.05, 0) is 136 Å². The Hall–Kier alpha value is -7.42. The predicted molar refractivity (Wildman–Crippen MR) is 245 cm³/mol. The average Bonchev–Trinajstić information content (AvgIpc) is 3.79. The molecule has 0 fully saturated rings. The first kappa shape index (κ1) is 33.9. The molecule has 0 spiro atoms. The quantitative estimate of drug-likeness (QED) is 0.154. The van der Waals surface area contributed by atoms with Crippen molar-refractivity contribution in [3.05, 3.63) is 229 Å². The SMILES string of the molecule is Cc1ccccc1-c1cc(-c2ccc3c(c2)c2cc(-c4ccc5c(c4)c4ccccc4n5-c4ccccc4)ccc2n3-c2ccccc2)ccc1Cc1ccccc1. The molecule has 0 N–H and O–H groups in total. The monoisotopic (exact) mass is 740 g/mol. The Bertz CT molecular complexity index is 3300. The summed E-state index contributed by atoms with van der Waals surface area (Å²) in [7, 11) is 0. The molecule has 274 valence electrons. The van der Waals surface area contributed by atoms with Gasteiger partial charge in [-0.1, -0.05) is 140 Å². The van der Waals surface area contributed by atoms with Gasteiger partial charge in [-0.15, -0.1) is 0 Å². The third-order valence-corrected chi connectivity index (χ3v) is 11.9. The summed E-state index contributed by atoms with van der Waals surface area (Å²) in [5.74, 6) is 0. The molecule has 2 heterocycles. The van der Waals surface area contributed by atoms with Crippen molar-refractivity contribution in [2.45, 2.75) is 13.3 Å². The first-order valence-electron chi connectivity index (χ1n) is 20.1. The van der Waals surface area contributed by atoms with Gasteiger partial charge in [0.25, 0.3) is 0 Å². The molecule has 0 aliphatic rings. The molecule has 11 aromatic rings. The van der Waals surface area contributed by atoms with E-state index in [4.69, 9.17) is 0 Å². The Morgan fingerprint density at radius 2 is 0.759 bits per heavy atom. The minimum absolute atomic E-state index is 0.885. The minimum atomic E-state index is 0.885. The van der Waals surface area contributed by atoms with Crippen LogP contribution in [-0.2, 0) is 6.42 Å². The molecule has 2 heteroatoms. The lowest BCUT2D eigenvalue weighted by molar-refractivity contribution is 1.18. The lowest BCUT2D eigenvalue weighted by Crippen LogP contribution is -1.95. The van der Waals surface area contributed by atoms with Gasteiger partial charge < -0.3 is 9.13 Å². The number of aryl methyl sites for hydroxylation is 1. The van der Waals surface area contributed by atoms with E-state index < -0.39 is 0 Å². The van der Waals surface area contributed by atoms with Crippen LogP contribution in [0.15, 0.2) is 212 Å². The van der Waals surface area contributed by atoms with E-state index in [0.717, 1.165) is 12.1 Å². The summed E-state index contributed by atoms with van der Waals surface area (Å²) in [5, 5.41) is 5.00. The zero-order valence-electron chi connectivity index (χ0n) is 32.3. The summed E-state index contributed by atoms with van der Waals surface area (Å²) in [6.07, 6.45) is 0.885. The fourth-order valence-electron chi connectivity index (χ4n) is 9.10. The number of hydrogen-bond donors (Lipinski definition) is 0. The maximum atomic E-state index is 2.41. The molecule has 2 aromatic heterocycles. The van der Waals surface area contributed by atoms with E-state index >= 15 is 0 Å².